The maximum Gasteiger partial charge on any atom is 0.407 e. The fraction of sp³-hybridized carbons (Fsp3) is 0.552. The van der Waals surface area contributed by atoms with Gasteiger partial charge in [-0.05, 0) is 111 Å². The molecule has 35 heavy (non-hydrogen) atoms. The Hall–Kier alpha value is -2.60. The first-order valence-corrected chi connectivity index (χ1v) is 12.9. The minimum absolute atomic E-state index is 0.0496. The topological polar surface area (TPSA) is 50.8 Å². The molecule has 4 aliphatic rings. The number of alkyl carbamates (subject to hydrolysis) is 1. The van der Waals surface area contributed by atoms with Crippen LogP contribution in [0.5, 0.6) is 5.75 Å². The molecule has 1 N–H and O–H groups in total. The number of aryl methyl sites for hydroxylation is 1. The number of hydrogen-bond acceptors (Lipinski definition) is 4. The Balaban J connectivity index is 1.36. The normalized spacial score (nSPS) is 26.5. The van der Waals surface area contributed by atoms with Crippen LogP contribution in [-0.4, -0.2) is 42.8 Å². The Morgan fingerprint density at radius 2 is 1.91 bits per heavy atom. The number of piperidine rings is 3. The van der Waals surface area contributed by atoms with E-state index in [1.165, 1.54) is 0 Å². The SMILES string of the molecule is Cc1cc(-c2cc3c(cc2F)[C@H](NC(=O)O[C@H]2CN4CCC2CC4)C(C)(C)C3)ccc1OC(C)C. The molecule has 2 atom stereocenters. The number of nitrogens with one attached hydrogen (secondary N) is 1. The van der Waals surface area contributed by atoms with Gasteiger partial charge in [0.1, 0.15) is 17.7 Å². The number of nitrogens with zero attached hydrogens (tertiary/aromatic N) is 1. The summed E-state index contributed by atoms with van der Waals surface area (Å²) in [5.41, 5.74) is 4.06. The van der Waals surface area contributed by atoms with E-state index >= 15 is 4.39 Å². The Labute approximate surface area is 208 Å². The largest absolute Gasteiger partial charge is 0.491 e. The van der Waals surface area contributed by atoms with Gasteiger partial charge in [0, 0.05) is 12.1 Å². The lowest BCUT2D eigenvalue weighted by atomic mass is 9.85. The molecule has 1 amide bonds. The number of amides is 1. The maximum atomic E-state index is 15.4. The fourth-order valence-corrected chi connectivity index (χ4v) is 6.10. The number of ether oxygens (including phenoxy) is 2. The monoisotopic (exact) mass is 480 g/mol. The van der Waals surface area contributed by atoms with Gasteiger partial charge in [0.25, 0.3) is 0 Å². The molecule has 3 saturated heterocycles. The van der Waals surface area contributed by atoms with Crippen molar-refractivity contribution in [2.45, 2.75) is 72.1 Å². The molecule has 0 spiro atoms. The third kappa shape index (κ3) is 4.77. The zero-order valence-corrected chi connectivity index (χ0v) is 21.5. The first kappa shape index (κ1) is 24.1. The van der Waals surface area contributed by atoms with Crippen molar-refractivity contribution < 1.29 is 18.7 Å². The molecule has 0 saturated carbocycles. The van der Waals surface area contributed by atoms with Crippen LogP contribution in [0.2, 0.25) is 0 Å². The lowest BCUT2D eigenvalue weighted by Crippen LogP contribution is -2.53. The van der Waals surface area contributed by atoms with Gasteiger partial charge >= 0.3 is 6.09 Å². The van der Waals surface area contributed by atoms with Crippen LogP contribution in [0.25, 0.3) is 11.1 Å². The quantitative estimate of drug-likeness (QED) is 0.568. The van der Waals surface area contributed by atoms with E-state index in [1.807, 2.05) is 45.0 Å². The van der Waals surface area contributed by atoms with E-state index in [-0.39, 0.29) is 29.5 Å². The number of fused-ring (bicyclic) bond motifs is 4. The van der Waals surface area contributed by atoms with Crippen molar-refractivity contribution >= 4 is 6.09 Å². The molecule has 2 bridgehead atoms. The summed E-state index contributed by atoms with van der Waals surface area (Å²) in [6.45, 7) is 13.2. The zero-order chi connectivity index (χ0) is 24.9. The highest BCUT2D eigenvalue weighted by Crippen LogP contribution is 2.47. The van der Waals surface area contributed by atoms with Gasteiger partial charge in [0.2, 0.25) is 0 Å². The molecule has 3 fully saturated rings. The van der Waals surface area contributed by atoms with Crippen LogP contribution in [0.1, 0.15) is 63.3 Å². The molecule has 0 radical (unpaired) electrons. The fourth-order valence-electron chi connectivity index (χ4n) is 6.10. The van der Waals surface area contributed by atoms with Crippen molar-refractivity contribution in [3.8, 4) is 16.9 Å². The second-order valence-electron chi connectivity index (χ2n) is 11.5. The van der Waals surface area contributed by atoms with Crippen LogP contribution in [0.4, 0.5) is 9.18 Å². The zero-order valence-electron chi connectivity index (χ0n) is 21.5. The highest BCUT2D eigenvalue weighted by Gasteiger charge is 2.42. The standard InChI is InChI=1S/C29H37FN2O3/c1-17(2)34-25-7-6-20(12-18(25)3)22-13-21-15-29(4,5)27(23(21)14-24(22)30)31-28(33)35-26-16-32-10-8-19(26)9-11-32/h6-7,12-14,17,19,26-27H,8-11,15-16H2,1-5H3,(H,31,33)/t26-,27-/m0/s1. The second-order valence-corrected chi connectivity index (χ2v) is 11.5. The molecule has 6 heteroatoms. The van der Waals surface area contributed by atoms with Crippen molar-refractivity contribution in [1.82, 2.24) is 10.2 Å². The molecule has 0 aromatic heterocycles. The van der Waals surface area contributed by atoms with Gasteiger partial charge in [-0.15, -0.1) is 0 Å². The van der Waals surface area contributed by atoms with E-state index in [2.05, 4.69) is 24.1 Å². The molecule has 188 valence electrons. The van der Waals surface area contributed by atoms with Gasteiger partial charge in [-0.1, -0.05) is 19.9 Å². The van der Waals surface area contributed by atoms with Crippen LogP contribution in [-0.2, 0) is 11.2 Å². The van der Waals surface area contributed by atoms with E-state index in [4.69, 9.17) is 9.47 Å². The van der Waals surface area contributed by atoms with Gasteiger partial charge in [0.15, 0.2) is 0 Å². The van der Waals surface area contributed by atoms with E-state index in [1.54, 1.807) is 6.07 Å². The third-order valence-electron chi connectivity index (χ3n) is 7.93. The maximum absolute atomic E-state index is 15.4. The molecule has 0 unspecified atom stereocenters. The molecule has 5 nitrogen and oxygen atoms in total. The van der Waals surface area contributed by atoms with Gasteiger partial charge in [-0.25, -0.2) is 9.18 Å². The van der Waals surface area contributed by atoms with Gasteiger partial charge in [-0.3, -0.25) is 4.90 Å². The lowest BCUT2D eigenvalue weighted by Gasteiger charge is -2.44. The predicted octanol–water partition coefficient (Wildman–Crippen LogP) is 6.03. The Kier molecular flexibility index (Phi) is 6.28. The lowest BCUT2D eigenvalue weighted by molar-refractivity contribution is -0.0349. The number of halogens is 1. The Morgan fingerprint density at radius 3 is 2.54 bits per heavy atom. The summed E-state index contributed by atoms with van der Waals surface area (Å²) in [5.74, 6) is 0.989. The smallest absolute Gasteiger partial charge is 0.407 e. The average molecular weight is 481 g/mol. The first-order chi connectivity index (χ1) is 16.6. The third-order valence-corrected chi connectivity index (χ3v) is 7.93. The van der Waals surface area contributed by atoms with Crippen LogP contribution in [0.3, 0.4) is 0 Å². The Morgan fingerprint density at radius 1 is 1.17 bits per heavy atom. The average Bonchev–Trinajstić information content (AvgIpc) is 3.04. The molecule has 3 heterocycles. The molecule has 2 aromatic rings. The van der Waals surface area contributed by atoms with Crippen molar-refractivity contribution in [3.63, 3.8) is 0 Å². The van der Waals surface area contributed by atoms with E-state index < -0.39 is 6.09 Å². The molecule has 6 rings (SSSR count). The summed E-state index contributed by atoms with van der Waals surface area (Å²) in [6, 6.07) is 9.06. The predicted molar refractivity (Wildman–Crippen MR) is 135 cm³/mol. The summed E-state index contributed by atoms with van der Waals surface area (Å²) < 4.78 is 27.1. The molecule has 1 aliphatic carbocycles. The van der Waals surface area contributed by atoms with E-state index in [0.717, 1.165) is 66.9 Å². The highest BCUT2D eigenvalue weighted by atomic mass is 19.1. The van der Waals surface area contributed by atoms with Gasteiger partial charge in [0.05, 0.1) is 12.1 Å². The second kappa shape index (κ2) is 9.12. The van der Waals surface area contributed by atoms with Gasteiger partial charge in [-0.2, -0.15) is 0 Å². The van der Waals surface area contributed by atoms with Crippen molar-refractivity contribution in [3.05, 3.63) is 52.8 Å². The van der Waals surface area contributed by atoms with Crippen molar-refractivity contribution in [2.75, 3.05) is 19.6 Å². The number of carbonyl (C=O) groups is 1. The highest BCUT2D eigenvalue weighted by molar-refractivity contribution is 5.71. The van der Waals surface area contributed by atoms with Crippen LogP contribution < -0.4 is 10.1 Å². The summed E-state index contributed by atoms with van der Waals surface area (Å²) >= 11 is 0. The van der Waals surface area contributed by atoms with Crippen LogP contribution in [0.15, 0.2) is 30.3 Å². The summed E-state index contributed by atoms with van der Waals surface area (Å²) in [6.07, 6.45) is 2.58. The van der Waals surface area contributed by atoms with E-state index in [9.17, 15) is 4.79 Å². The minimum Gasteiger partial charge on any atom is -0.491 e. The molecule has 3 aliphatic heterocycles. The number of carbonyl (C=O) groups excluding carboxylic acids is 1. The number of rotatable bonds is 5. The first-order valence-electron chi connectivity index (χ1n) is 12.9. The summed E-state index contributed by atoms with van der Waals surface area (Å²) in [5, 5.41) is 3.09. The minimum atomic E-state index is -0.393. The van der Waals surface area contributed by atoms with Gasteiger partial charge < -0.3 is 14.8 Å². The molecular formula is C29H37FN2O3. The van der Waals surface area contributed by atoms with Crippen LogP contribution in [0, 0.1) is 24.1 Å². The number of hydrogen-bond donors (Lipinski definition) is 1. The van der Waals surface area contributed by atoms with Crippen molar-refractivity contribution in [1.29, 1.82) is 0 Å². The molecular weight excluding hydrogens is 443 g/mol. The van der Waals surface area contributed by atoms with Crippen molar-refractivity contribution in [2.24, 2.45) is 11.3 Å². The van der Waals surface area contributed by atoms with E-state index in [0.29, 0.717) is 11.5 Å². The Bertz CT molecular complexity index is 1120. The summed E-state index contributed by atoms with van der Waals surface area (Å²) in [4.78, 5) is 15.3. The number of benzene rings is 2. The molecule has 2 aromatic carbocycles. The summed E-state index contributed by atoms with van der Waals surface area (Å²) in [7, 11) is 0. The van der Waals surface area contributed by atoms with Crippen LogP contribution >= 0.6 is 0 Å².